The lowest BCUT2D eigenvalue weighted by Gasteiger charge is -2.42. The predicted octanol–water partition coefficient (Wildman–Crippen LogP) is 2.37. The Hall–Kier alpha value is -1.17. The van der Waals surface area contributed by atoms with Gasteiger partial charge in [0.2, 0.25) is 0 Å². The van der Waals surface area contributed by atoms with E-state index in [0.717, 1.165) is 25.2 Å². The molecule has 4 nitrogen and oxygen atoms in total. The van der Waals surface area contributed by atoms with Gasteiger partial charge in [0.15, 0.2) is 0 Å². The van der Waals surface area contributed by atoms with Gasteiger partial charge in [-0.2, -0.15) is 0 Å². The van der Waals surface area contributed by atoms with Crippen LogP contribution in [0.3, 0.4) is 0 Å². The van der Waals surface area contributed by atoms with Gasteiger partial charge in [-0.3, -0.25) is 9.80 Å². The lowest BCUT2D eigenvalue weighted by Crippen LogP contribution is -2.54. The first-order valence-corrected chi connectivity index (χ1v) is 7.77. The van der Waals surface area contributed by atoms with Crippen molar-refractivity contribution in [3.05, 3.63) is 28.0 Å². The van der Waals surface area contributed by atoms with Crippen molar-refractivity contribution < 1.29 is 9.90 Å². The molecule has 2 rings (SSSR count). The van der Waals surface area contributed by atoms with Crippen LogP contribution in [-0.2, 0) is 11.3 Å². The minimum atomic E-state index is -0.899. The van der Waals surface area contributed by atoms with E-state index < -0.39 is 5.97 Å². The third-order valence-corrected chi connectivity index (χ3v) is 4.91. The molecule has 1 fully saturated rings. The zero-order chi connectivity index (χ0) is 14.7. The molecule has 1 saturated heterocycles. The number of hydrogen-bond donors (Lipinski definition) is 1. The molecule has 0 saturated carbocycles. The van der Waals surface area contributed by atoms with Crippen LogP contribution >= 0.6 is 11.3 Å². The van der Waals surface area contributed by atoms with Gasteiger partial charge in [-0.05, 0) is 44.0 Å². The molecule has 0 bridgehead atoms. The number of likely N-dealkylation sites (N-methyl/N-ethyl adjacent to an activating group) is 1. The van der Waals surface area contributed by atoms with Crippen molar-refractivity contribution in [1.29, 1.82) is 0 Å². The molecule has 2 atom stereocenters. The standard InChI is InChI=1S/C15H22N2O2S/c1-11-8-17(9-12(2)16(11)3)10-14-13(6-7-20-14)4-5-15(18)19/h4-7,11-12H,8-10H2,1-3H3,(H,18,19)/b5-4+. The number of thiophene rings is 1. The SMILES string of the molecule is CC1CN(Cc2sccc2/C=C/C(=O)O)CC(C)N1C. The molecule has 1 aromatic rings. The number of carbonyl (C=O) groups is 1. The van der Waals surface area contributed by atoms with E-state index in [1.54, 1.807) is 17.4 Å². The summed E-state index contributed by atoms with van der Waals surface area (Å²) in [5.41, 5.74) is 1.02. The van der Waals surface area contributed by atoms with Crippen molar-refractivity contribution in [2.45, 2.75) is 32.5 Å². The Kier molecular flexibility index (Phi) is 4.96. The summed E-state index contributed by atoms with van der Waals surface area (Å²) in [6.45, 7) is 7.52. The molecule has 5 heteroatoms. The van der Waals surface area contributed by atoms with Crippen LogP contribution in [0.1, 0.15) is 24.3 Å². The van der Waals surface area contributed by atoms with Crippen LogP contribution in [-0.4, -0.2) is 53.1 Å². The van der Waals surface area contributed by atoms with Gasteiger partial charge in [-0.15, -0.1) is 11.3 Å². The fraction of sp³-hybridized carbons (Fsp3) is 0.533. The Labute approximate surface area is 124 Å². The zero-order valence-corrected chi connectivity index (χ0v) is 13.1. The van der Waals surface area contributed by atoms with Gasteiger partial charge < -0.3 is 5.11 Å². The average Bonchev–Trinajstić information content (AvgIpc) is 2.80. The Morgan fingerprint density at radius 2 is 2.10 bits per heavy atom. The van der Waals surface area contributed by atoms with E-state index >= 15 is 0 Å². The highest BCUT2D eigenvalue weighted by molar-refractivity contribution is 7.10. The topological polar surface area (TPSA) is 43.8 Å². The molecule has 0 spiro atoms. The number of carboxylic acid groups (broad SMARTS) is 1. The van der Waals surface area contributed by atoms with Gasteiger partial charge >= 0.3 is 5.97 Å². The summed E-state index contributed by atoms with van der Waals surface area (Å²) in [6, 6.07) is 3.09. The van der Waals surface area contributed by atoms with Gasteiger partial charge in [-0.25, -0.2) is 4.79 Å². The maximum Gasteiger partial charge on any atom is 0.328 e. The average molecular weight is 294 g/mol. The normalized spacial score (nSPS) is 25.4. The minimum absolute atomic E-state index is 0.553. The molecular formula is C15H22N2O2S. The third-order valence-electron chi connectivity index (χ3n) is 3.99. The molecule has 1 aliphatic rings. The number of carboxylic acids is 1. The van der Waals surface area contributed by atoms with Crippen molar-refractivity contribution in [2.24, 2.45) is 0 Å². The molecule has 2 unspecified atom stereocenters. The minimum Gasteiger partial charge on any atom is -0.478 e. The second-order valence-electron chi connectivity index (χ2n) is 5.53. The van der Waals surface area contributed by atoms with Crippen molar-refractivity contribution in [3.63, 3.8) is 0 Å². The predicted molar refractivity (Wildman–Crippen MR) is 83.0 cm³/mol. The Morgan fingerprint density at radius 1 is 1.45 bits per heavy atom. The molecule has 0 aliphatic carbocycles. The Balaban J connectivity index is 2.04. The molecule has 20 heavy (non-hydrogen) atoms. The molecular weight excluding hydrogens is 272 g/mol. The summed E-state index contributed by atoms with van der Waals surface area (Å²) in [4.78, 5) is 16.7. The van der Waals surface area contributed by atoms with E-state index in [1.807, 2.05) is 11.4 Å². The molecule has 0 aromatic carbocycles. The highest BCUT2D eigenvalue weighted by Crippen LogP contribution is 2.23. The second kappa shape index (κ2) is 6.52. The number of rotatable bonds is 4. The van der Waals surface area contributed by atoms with Gasteiger partial charge in [0.05, 0.1) is 0 Å². The molecule has 1 aliphatic heterocycles. The lowest BCUT2D eigenvalue weighted by atomic mass is 10.1. The summed E-state index contributed by atoms with van der Waals surface area (Å²) in [6.07, 6.45) is 2.90. The van der Waals surface area contributed by atoms with E-state index in [1.165, 1.54) is 11.0 Å². The number of hydrogen-bond acceptors (Lipinski definition) is 4. The second-order valence-corrected chi connectivity index (χ2v) is 6.53. The fourth-order valence-corrected chi connectivity index (χ4v) is 3.54. The summed E-state index contributed by atoms with van der Waals surface area (Å²) in [5.74, 6) is -0.899. The van der Waals surface area contributed by atoms with Crippen LogP contribution in [0.15, 0.2) is 17.5 Å². The van der Waals surface area contributed by atoms with Crippen molar-refractivity contribution in [3.8, 4) is 0 Å². The van der Waals surface area contributed by atoms with E-state index in [9.17, 15) is 4.79 Å². The van der Waals surface area contributed by atoms with Crippen LogP contribution < -0.4 is 0 Å². The van der Waals surface area contributed by atoms with Crippen LogP contribution in [0.4, 0.5) is 0 Å². The maximum atomic E-state index is 10.6. The zero-order valence-electron chi connectivity index (χ0n) is 12.2. The van der Waals surface area contributed by atoms with E-state index in [-0.39, 0.29) is 0 Å². The number of aliphatic carboxylic acids is 1. The number of nitrogens with zero attached hydrogens (tertiary/aromatic N) is 2. The largest absolute Gasteiger partial charge is 0.478 e. The Morgan fingerprint density at radius 3 is 2.70 bits per heavy atom. The molecule has 110 valence electrons. The molecule has 0 amide bonds. The fourth-order valence-electron chi connectivity index (χ4n) is 2.63. The molecule has 0 radical (unpaired) electrons. The van der Waals surface area contributed by atoms with Gasteiger partial charge in [-0.1, -0.05) is 0 Å². The summed E-state index contributed by atoms with van der Waals surface area (Å²) < 4.78 is 0. The first-order valence-electron chi connectivity index (χ1n) is 6.89. The highest BCUT2D eigenvalue weighted by atomic mass is 32.1. The number of piperazine rings is 1. The maximum absolute atomic E-state index is 10.6. The van der Waals surface area contributed by atoms with Gasteiger partial charge in [0.25, 0.3) is 0 Å². The van der Waals surface area contributed by atoms with E-state index in [0.29, 0.717) is 12.1 Å². The monoisotopic (exact) mass is 294 g/mol. The quantitative estimate of drug-likeness (QED) is 0.866. The van der Waals surface area contributed by atoms with Crippen molar-refractivity contribution >= 4 is 23.4 Å². The highest BCUT2D eigenvalue weighted by Gasteiger charge is 2.26. The van der Waals surface area contributed by atoms with Gasteiger partial charge in [0.1, 0.15) is 0 Å². The van der Waals surface area contributed by atoms with Crippen LogP contribution in [0.5, 0.6) is 0 Å². The van der Waals surface area contributed by atoms with Crippen LogP contribution in [0.25, 0.3) is 6.08 Å². The van der Waals surface area contributed by atoms with Gasteiger partial charge in [0, 0.05) is 42.7 Å². The first kappa shape index (κ1) is 15.2. The molecule has 1 aromatic heterocycles. The smallest absolute Gasteiger partial charge is 0.328 e. The van der Waals surface area contributed by atoms with E-state index in [2.05, 4.69) is 30.7 Å². The van der Waals surface area contributed by atoms with Crippen LogP contribution in [0.2, 0.25) is 0 Å². The summed E-state index contributed by atoms with van der Waals surface area (Å²) in [5, 5.41) is 10.8. The Bertz CT molecular complexity index is 486. The van der Waals surface area contributed by atoms with Crippen molar-refractivity contribution in [2.75, 3.05) is 20.1 Å². The molecule has 2 heterocycles. The third kappa shape index (κ3) is 3.69. The van der Waals surface area contributed by atoms with Crippen molar-refractivity contribution in [1.82, 2.24) is 9.80 Å². The first-order chi connectivity index (χ1) is 9.47. The van der Waals surface area contributed by atoms with E-state index in [4.69, 9.17) is 5.11 Å². The lowest BCUT2D eigenvalue weighted by molar-refractivity contribution is -0.131. The molecule has 1 N–H and O–H groups in total. The summed E-state index contributed by atoms with van der Waals surface area (Å²) in [7, 11) is 2.18. The summed E-state index contributed by atoms with van der Waals surface area (Å²) >= 11 is 1.70. The van der Waals surface area contributed by atoms with Crippen LogP contribution in [0, 0.1) is 0 Å².